The third-order valence-corrected chi connectivity index (χ3v) is 11.1. The minimum absolute atomic E-state index is 0.0264. The molecular weight excluding hydrogens is 636 g/mol. The van der Waals surface area contributed by atoms with Crippen molar-refractivity contribution in [2.24, 2.45) is 23.7 Å². The van der Waals surface area contributed by atoms with E-state index < -0.39 is 18.1 Å². The Morgan fingerprint density at radius 2 is 1.64 bits per heavy atom. The van der Waals surface area contributed by atoms with Gasteiger partial charge in [-0.25, -0.2) is 0 Å². The molecule has 2 aliphatic heterocycles. The monoisotopic (exact) mass is 700 g/mol. The van der Waals surface area contributed by atoms with Gasteiger partial charge in [-0.1, -0.05) is 41.0 Å². The van der Waals surface area contributed by atoms with Gasteiger partial charge in [0, 0.05) is 76.8 Å². The number of hydrogen-bond acceptors (Lipinski definition) is 9. The maximum absolute atomic E-state index is 14.2. The largest absolute Gasteiger partial charge is 0.399 e. The Labute approximate surface area is 300 Å². The number of morpholine rings is 1. The molecule has 2 N–H and O–H groups in total. The highest BCUT2D eigenvalue weighted by Crippen LogP contribution is 2.31. The van der Waals surface area contributed by atoms with Crippen molar-refractivity contribution in [3.05, 3.63) is 29.8 Å². The number of amides is 2. The summed E-state index contributed by atoms with van der Waals surface area (Å²) in [5.41, 5.74) is 6.91. The Kier molecular flexibility index (Phi) is 16.8. The fourth-order valence-electron chi connectivity index (χ4n) is 7.73. The van der Waals surface area contributed by atoms with E-state index in [9.17, 15) is 19.2 Å². The SMILES string of the molecule is CC[C@H](C)[C@@H]([C@@H](CC(=O)N1CCC[C@H]1[C@H](OC)[C@@H](C)C(=O)CCCN1CCOCC1)OC)N(C)C(=O)[C@@H](CC(=O)c1ccc(N)cc1)C(C)C. The summed E-state index contributed by atoms with van der Waals surface area (Å²) in [7, 11) is 4.99. The molecule has 0 spiro atoms. The van der Waals surface area contributed by atoms with Gasteiger partial charge in [-0.2, -0.15) is 0 Å². The summed E-state index contributed by atoms with van der Waals surface area (Å²) in [4.78, 5) is 60.7. The number of likely N-dealkylation sites (N-methyl/N-ethyl adjacent to an activating group) is 1. The van der Waals surface area contributed by atoms with Crippen LogP contribution in [0.5, 0.6) is 0 Å². The number of carbonyl (C=O) groups is 4. The Balaban J connectivity index is 1.70. The van der Waals surface area contributed by atoms with E-state index in [2.05, 4.69) is 18.7 Å². The standard InChI is InChI=1S/C39H64N4O7/c1-9-27(4)37(41(6)39(47)31(26(2)3)24-34(45)29-14-16-30(40)17-15-29)35(48-7)25-36(46)43-19-10-12-32(43)38(49-8)28(5)33(44)13-11-18-42-20-22-50-23-21-42/h14-17,26-28,31-32,35,37-38H,9-13,18-25,40H2,1-8H3/t27-,28-,31-,32-,35+,37-,38+/m0/s1. The van der Waals surface area contributed by atoms with Gasteiger partial charge >= 0.3 is 0 Å². The minimum atomic E-state index is -0.562. The smallest absolute Gasteiger partial charge is 0.226 e. The zero-order valence-corrected chi connectivity index (χ0v) is 31.9. The predicted octanol–water partition coefficient (Wildman–Crippen LogP) is 4.72. The number of nitrogens with two attached hydrogens (primary N) is 1. The normalized spacial score (nSPS) is 20.6. The number of methoxy groups -OCH3 is 2. The predicted molar refractivity (Wildman–Crippen MR) is 196 cm³/mol. The number of likely N-dealkylation sites (tertiary alicyclic amines) is 1. The van der Waals surface area contributed by atoms with Gasteiger partial charge in [-0.05, 0) is 61.9 Å². The quantitative estimate of drug-likeness (QED) is 0.152. The van der Waals surface area contributed by atoms with Gasteiger partial charge in [0.05, 0.1) is 43.9 Å². The van der Waals surface area contributed by atoms with Crippen LogP contribution in [0, 0.1) is 23.7 Å². The molecule has 0 bridgehead atoms. The molecule has 0 aliphatic carbocycles. The lowest BCUT2D eigenvalue weighted by Crippen LogP contribution is -2.54. The first kappa shape index (κ1) is 41.6. The molecule has 2 aliphatic rings. The van der Waals surface area contributed by atoms with Crippen molar-refractivity contribution in [2.75, 3.05) is 66.4 Å². The van der Waals surface area contributed by atoms with E-state index in [0.29, 0.717) is 24.2 Å². The van der Waals surface area contributed by atoms with Crippen molar-refractivity contribution in [1.29, 1.82) is 0 Å². The molecule has 7 atom stereocenters. The molecule has 0 saturated carbocycles. The molecule has 11 nitrogen and oxygen atoms in total. The summed E-state index contributed by atoms with van der Waals surface area (Å²) >= 11 is 0. The maximum atomic E-state index is 14.2. The average molecular weight is 701 g/mol. The van der Waals surface area contributed by atoms with E-state index in [0.717, 1.165) is 58.5 Å². The van der Waals surface area contributed by atoms with E-state index in [1.807, 2.05) is 25.7 Å². The molecule has 3 rings (SSSR count). The third kappa shape index (κ3) is 11.1. The first-order valence-electron chi connectivity index (χ1n) is 18.7. The molecule has 0 aromatic heterocycles. The van der Waals surface area contributed by atoms with Crippen LogP contribution in [0.15, 0.2) is 24.3 Å². The maximum Gasteiger partial charge on any atom is 0.226 e. The molecule has 2 heterocycles. The topological polar surface area (TPSA) is 132 Å². The Morgan fingerprint density at radius 3 is 2.22 bits per heavy atom. The highest BCUT2D eigenvalue weighted by Gasteiger charge is 2.42. The summed E-state index contributed by atoms with van der Waals surface area (Å²) in [6, 6.07) is 6.17. The number of benzene rings is 1. The zero-order valence-electron chi connectivity index (χ0n) is 31.9. The van der Waals surface area contributed by atoms with Crippen LogP contribution in [-0.4, -0.2) is 123 Å². The molecule has 1 aromatic carbocycles. The highest BCUT2D eigenvalue weighted by molar-refractivity contribution is 5.99. The van der Waals surface area contributed by atoms with Gasteiger partial charge in [-0.15, -0.1) is 0 Å². The molecule has 0 radical (unpaired) electrons. The third-order valence-electron chi connectivity index (χ3n) is 11.1. The average Bonchev–Trinajstić information content (AvgIpc) is 3.60. The lowest BCUT2D eigenvalue weighted by atomic mass is 9.85. The van der Waals surface area contributed by atoms with Crippen molar-refractivity contribution in [1.82, 2.24) is 14.7 Å². The van der Waals surface area contributed by atoms with Crippen LogP contribution in [0.25, 0.3) is 0 Å². The van der Waals surface area contributed by atoms with Crippen molar-refractivity contribution >= 4 is 29.1 Å². The number of Topliss-reactive ketones (excluding diaryl/α,β-unsaturated/α-hetero) is 2. The van der Waals surface area contributed by atoms with Gasteiger partial charge in [0.25, 0.3) is 0 Å². The second-order valence-corrected chi connectivity index (χ2v) is 14.7. The van der Waals surface area contributed by atoms with Crippen molar-refractivity contribution in [3.8, 4) is 0 Å². The van der Waals surface area contributed by atoms with E-state index in [1.54, 1.807) is 50.4 Å². The van der Waals surface area contributed by atoms with Crippen molar-refractivity contribution < 1.29 is 33.4 Å². The zero-order chi connectivity index (χ0) is 37.0. The number of nitrogens with zero attached hydrogens (tertiary/aromatic N) is 3. The summed E-state index contributed by atoms with van der Waals surface area (Å²) < 4.78 is 17.4. The number of carbonyl (C=O) groups excluding carboxylic acids is 4. The lowest BCUT2D eigenvalue weighted by molar-refractivity contribution is -0.148. The molecule has 1 aromatic rings. The van der Waals surface area contributed by atoms with Crippen LogP contribution in [0.4, 0.5) is 5.69 Å². The second kappa shape index (κ2) is 20.2. The molecule has 2 fully saturated rings. The van der Waals surface area contributed by atoms with Gasteiger partial charge in [0.2, 0.25) is 11.8 Å². The number of rotatable bonds is 20. The minimum Gasteiger partial charge on any atom is -0.399 e. The second-order valence-electron chi connectivity index (χ2n) is 14.7. The molecule has 2 saturated heterocycles. The Morgan fingerprint density at radius 1 is 0.980 bits per heavy atom. The Bertz CT molecular complexity index is 1240. The van der Waals surface area contributed by atoms with Crippen LogP contribution >= 0.6 is 0 Å². The lowest BCUT2D eigenvalue weighted by Gasteiger charge is -2.40. The highest BCUT2D eigenvalue weighted by atomic mass is 16.5. The molecule has 2 amide bonds. The Hall–Kier alpha value is -2.86. The van der Waals surface area contributed by atoms with Gasteiger partial charge < -0.3 is 29.7 Å². The molecule has 11 heteroatoms. The van der Waals surface area contributed by atoms with Crippen molar-refractivity contribution in [3.63, 3.8) is 0 Å². The van der Waals surface area contributed by atoms with Crippen LogP contribution in [0.1, 0.15) is 89.9 Å². The number of anilines is 1. The van der Waals surface area contributed by atoms with Gasteiger partial charge in [0.1, 0.15) is 5.78 Å². The summed E-state index contributed by atoms with van der Waals surface area (Å²) in [5.74, 6) is -1.09. The number of ether oxygens (including phenoxy) is 3. The van der Waals surface area contributed by atoms with Crippen LogP contribution in [0.3, 0.4) is 0 Å². The summed E-state index contributed by atoms with van der Waals surface area (Å²) in [6.07, 6.45) is 2.84. The fraction of sp³-hybridized carbons (Fsp3) is 0.744. The number of hydrogen-bond donors (Lipinski definition) is 1. The molecule has 0 unspecified atom stereocenters. The summed E-state index contributed by atoms with van der Waals surface area (Å²) in [5, 5.41) is 0. The van der Waals surface area contributed by atoms with Crippen molar-refractivity contribution in [2.45, 2.75) is 104 Å². The molecule has 50 heavy (non-hydrogen) atoms. The van der Waals surface area contributed by atoms with E-state index in [4.69, 9.17) is 19.9 Å². The first-order valence-corrected chi connectivity index (χ1v) is 18.7. The van der Waals surface area contributed by atoms with Gasteiger partial charge in [0.15, 0.2) is 5.78 Å². The summed E-state index contributed by atoms with van der Waals surface area (Å²) in [6.45, 7) is 14.7. The fourth-order valence-corrected chi connectivity index (χ4v) is 7.73. The number of nitrogen functional groups attached to an aromatic ring is 1. The van der Waals surface area contributed by atoms with Crippen LogP contribution in [0.2, 0.25) is 0 Å². The molecule has 282 valence electrons. The van der Waals surface area contributed by atoms with Gasteiger partial charge in [-0.3, -0.25) is 24.1 Å². The first-order chi connectivity index (χ1) is 23.8. The van der Waals surface area contributed by atoms with E-state index >= 15 is 0 Å². The van der Waals surface area contributed by atoms with E-state index in [1.165, 1.54) is 0 Å². The van der Waals surface area contributed by atoms with Crippen LogP contribution in [-0.2, 0) is 28.6 Å². The van der Waals surface area contributed by atoms with E-state index in [-0.39, 0.29) is 66.1 Å². The number of ketones is 2. The molecular formula is C39H64N4O7. The van der Waals surface area contributed by atoms with Crippen LogP contribution < -0.4 is 5.73 Å².